The van der Waals surface area contributed by atoms with E-state index in [0.29, 0.717) is 0 Å². The van der Waals surface area contributed by atoms with Gasteiger partial charge in [0.05, 0.1) is 0 Å². The molecular weight excluding hydrogens is 187 g/mol. The van der Waals surface area contributed by atoms with Crippen molar-refractivity contribution in [2.24, 2.45) is 0 Å². The van der Waals surface area contributed by atoms with Crippen LogP contribution in [0.1, 0.15) is 0 Å². The van der Waals surface area contributed by atoms with Gasteiger partial charge in [-0.1, -0.05) is 0 Å². The molecule has 0 unspecified atom stereocenters. The maximum atomic E-state index is 0. The lowest BCUT2D eigenvalue weighted by atomic mass is 16.0. The van der Waals surface area contributed by atoms with Gasteiger partial charge in [0.2, 0.25) is 0 Å². The average Bonchev–Trinajstić information content (AvgIpc) is 0. The first kappa shape index (κ1) is 65100. The fourth-order valence-electron chi connectivity index (χ4n) is 0. The maximum absolute atomic E-state index is 0. The van der Waals surface area contributed by atoms with E-state index >= 15 is 0 Å². The Kier molecular flexibility index (Phi) is 285000000. The normalized spacial score (nSPS) is 0. The van der Waals surface area contributed by atoms with E-state index in [-0.39, 0.29) is 72.1 Å². The average molecular weight is 210 g/mol. The molecule has 0 atom stereocenters. The molecule has 0 aliphatic heterocycles. The van der Waals surface area contributed by atoms with Crippen molar-refractivity contribution in [2.75, 3.05) is 0 Å². The highest BCUT2D eigenvalue weighted by Gasteiger charge is 0.187. The zero-order valence-corrected chi connectivity index (χ0v) is 5.00. The van der Waals surface area contributed by atoms with Crippen LogP contribution in [-0.4, -0.2) is 72.1 Å². The van der Waals surface area contributed by atoms with Gasteiger partial charge in [0.1, 0.15) is 0 Å². The fraction of sp³-hybridized carbons (Fsp3) is 0. The second kappa shape index (κ2) is 48200. The van der Waals surface area contributed by atoms with Crippen LogP contribution in [0.2, 0.25) is 0 Å². The van der Waals surface area contributed by atoms with Gasteiger partial charge in [-0.05, 0) is 0 Å². The third-order valence-electron chi connectivity index (χ3n) is 0. The van der Waals surface area contributed by atoms with Crippen LogP contribution in [-0.2, 0) is 0 Å². The Balaban J connectivity index is 0. The fourth-order valence-corrected chi connectivity index (χ4v) is 0. The molecule has 0 radical (unpaired) electrons. The smallest absolute Gasteiger partial charge is 0.187 e. The molecule has 0 aromatic carbocycles. The van der Waals surface area contributed by atoms with Crippen LogP contribution in [0, 0.1) is 0 Å². The van der Waals surface area contributed by atoms with Crippen LogP contribution in [0.25, 0.3) is 0 Å². The summed E-state index contributed by atoms with van der Waals surface area (Å²) in [5.74, 6) is 0. The quantitative estimate of drug-likeness (QED) is 0.335. The van der Waals surface area contributed by atoms with Gasteiger partial charge >= 0.3 is 0 Å². The number of hydrogen-bond acceptors (Lipinski definition) is 0. The molecule has 0 rings (SSSR count). The molecule has 10 nitrogen and oxygen atoms in total. The Morgan fingerprint density at radius 2 is 0.182 bits per heavy atom. The molecule has 0 aromatic heterocycles. The Morgan fingerprint density at radius 3 is 0.182 bits per heavy atom. The van der Waals surface area contributed by atoms with Crippen LogP contribution in [0.4, 0.5) is 0 Å². The Hall–Kier alpha value is 0.132. The van der Waals surface area contributed by atoms with Gasteiger partial charge in [0, 0.05) is 0 Å². The number of hydrogen-bond donors (Lipinski definition) is 0. The van der Waals surface area contributed by atoms with Crippen molar-refractivity contribution in [3.8, 4) is 0 Å². The standard InChI is InChI=1S/Al.10H2O.3H/h;10*1H2;;;. The first-order valence-electron chi connectivity index (χ1n) is 0. The summed E-state index contributed by atoms with van der Waals surface area (Å²) in [5.41, 5.74) is 0. The van der Waals surface area contributed by atoms with Gasteiger partial charge in [0.15, 0.2) is 17.4 Å². The summed E-state index contributed by atoms with van der Waals surface area (Å²) in [7, 11) is 0. The molecule has 86 valence electrons. The molecule has 0 aliphatic rings. The van der Waals surface area contributed by atoms with E-state index in [4.69, 9.17) is 0 Å². The van der Waals surface area contributed by atoms with Crippen molar-refractivity contribution in [1.29, 1.82) is 0 Å². The van der Waals surface area contributed by atoms with Crippen molar-refractivity contribution in [3.05, 3.63) is 0 Å². The summed E-state index contributed by atoms with van der Waals surface area (Å²) in [6.45, 7) is 0. The van der Waals surface area contributed by atoms with Gasteiger partial charge in [-0.15, -0.1) is 0 Å². The molecule has 0 aliphatic carbocycles. The van der Waals surface area contributed by atoms with Gasteiger partial charge in [-0.3, -0.25) is 0 Å². The Bertz CT molecular complexity index is 4.83. The first-order chi connectivity index (χ1) is 0. The van der Waals surface area contributed by atoms with E-state index < -0.39 is 0 Å². The molecular formula is H23AlO10. The molecule has 0 saturated heterocycles. The highest BCUT2D eigenvalue weighted by Crippen LogP contribution is -0.280. The zero-order chi connectivity index (χ0) is 0. The predicted octanol–water partition coefficient (Wildman–Crippen LogP) is -9.43. The second-order valence-electron chi connectivity index (χ2n) is 0. The minimum Gasteiger partial charge on any atom is -0.412 e. The summed E-state index contributed by atoms with van der Waals surface area (Å²) >= 11 is 0. The molecule has 20 N–H and O–H groups in total. The zero-order valence-electron chi connectivity index (χ0n) is 5.00. The molecule has 0 fully saturated rings. The maximum Gasteiger partial charge on any atom is 0.187 e. The van der Waals surface area contributed by atoms with Crippen LogP contribution >= 0.6 is 0 Å². The van der Waals surface area contributed by atoms with Gasteiger partial charge in [-0.25, -0.2) is 0 Å². The lowest BCUT2D eigenvalue weighted by molar-refractivity contribution is 0.823. The van der Waals surface area contributed by atoms with E-state index in [0.717, 1.165) is 0 Å². The minimum absolute atomic E-state index is 0. The topological polar surface area (TPSA) is 315 Å². The molecule has 0 aromatic rings. The van der Waals surface area contributed by atoms with Gasteiger partial charge in [0.25, 0.3) is 0 Å². The molecule has 0 heterocycles. The van der Waals surface area contributed by atoms with Crippen LogP contribution in [0.3, 0.4) is 0 Å². The van der Waals surface area contributed by atoms with Crippen molar-refractivity contribution in [1.82, 2.24) is 0 Å². The van der Waals surface area contributed by atoms with E-state index in [1.165, 1.54) is 0 Å². The predicted molar refractivity (Wildman–Crippen MR) is 46.1 cm³/mol. The summed E-state index contributed by atoms with van der Waals surface area (Å²) in [6.07, 6.45) is 0. The van der Waals surface area contributed by atoms with Crippen molar-refractivity contribution >= 4 is 17.4 Å². The van der Waals surface area contributed by atoms with Gasteiger partial charge in [-0.2, -0.15) is 0 Å². The SMILES string of the molecule is O.O.O.O.O.O.O.O.O.O.[AlH3]. The molecule has 11 heavy (non-hydrogen) atoms. The molecule has 0 saturated carbocycles. The number of rotatable bonds is 0. The lowest BCUT2D eigenvalue weighted by Crippen LogP contribution is -0.381. The van der Waals surface area contributed by atoms with Crippen LogP contribution < -0.4 is 0 Å². The summed E-state index contributed by atoms with van der Waals surface area (Å²) in [5, 5.41) is 0. The van der Waals surface area contributed by atoms with Crippen LogP contribution in [0.5, 0.6) is 0 Å². The monoisotopic (exact) mass is 210 g/mol. The summed E-state index contributed by atoms with van der Waals surface area (Å²) in [6, 6.07) is 0. The van der Waals surface area contributed by atoms with Crippen molar-refractivity contribution in [2.45, 2.75) is 0 Å². The van der Waals surface area contributed by atoms with Crippen molar-refractivity contribution in [3.63, 3.8) is 0 Å². The van der Waals surface area contributed by atoms with Crippen LogP contribution in [0.15, 0.2) is 0 Å². The molecule has 0 bridgehead atoms. The molecule has 0 spiro atoms. The third-order valence-corrected chi connectivity index (χ3v) is 0. The minimum atomic E-state index is 0. The third kappa shape index (κ3) is 38200. The highest BCUT2D eigenvalue weighted by molar-refractivity contribution is 5.75. The van der Waals surface area contributed by atoms with Gasteiger partial charge < -0.3 is 54.8 Å². The first-order valence-corrected chi connectivity index (χ1v) is 0. The Morgan fingerprint density at radius 1 is 0.182 bits per heavy atom. The van der Waals surface area contributed by atoms with E-state index in [9.17, 15) is 0 Å². The van der Waals surface area contributed by atoms with E-state index in [2.05, 4.69) is 0 Å². The molecule has 11 heteroatoms. The largest absolute Gasteiger partial charge is 0.412 e. The second-order valence-corrected chi connectivity index (χ2v) is 0. The summed E-state index contributed by atoms with van der Waals surface area (Å²) < 4.78 is 0. The Labute approximate surface area is 73.0 Å². The van der Waals surface area contributed by atoms with Crippen molar-refractivity contribution < 1.29 is 54.8 Å². The highest BCUT2D eigenvalue weighted by atomic mass is 27.0. The molecule has 0 amide bonds. The van der Waals surface area contributed by atoms with E-state index in [1.54, 1.807) is 0 Å². The lowest BCUT2D eigenvalue weighted by Gasteiger charge is -0.413. The summed E-state index contributed by atoms with van der Waals surface area (Å²) in [4.78, 5) is 0. The van der Waals surface area contributed by atoms with E-state index in [1.807, 2.05) is 0 Å².